The van der Waals surface area contributed by atoms with Gasteiger partial charge in [0.15, 0.2) is 4.80 Å². The molecule has 0 fully saturated rings. The van der Waals surface area contributed by atoms with E-state index in [4.69, 9.17) is 9.47 Å². The quantitative estimate of drug-likeness (QED) is 0.351. The van der Waals surface area contributed by atoms with Crippen LogP contribution in [0.1, 0.15) is 44.9 Å². The maximum Gasteiger partial charge on any atom is 0.338 e. The number of benzene rings is 2. The average molecular weight is 509 g/mol. The van der Waals surface area contributed by atoms with Gasteiger partial charge in [-0.05, 0) is 75.4 Å². The van der Waals surface area contributed by atoms with E-state index in [1.165, 1.54) is 11.3 Å². The normalized spacial score (nSPS) is 15.7. The van der Waals surface area contributed by atoms with E-state index in [1.54, 1.807) is 37.1 Å². The van der Waals surface area contributed by atoms with E-state index in [-0.39, 0.29) is 11.7 Å². The second-order valence-electron chi connectivity index (χ2n) is 8.31. The number of nitrogens with zero attached hydrogens (tertiary/aromatic N) is 2. The van der Waals surface area contributed by atoms with Crippen molar-refractivity contribution >= 4 is 35.1 Å². The first-order valence-corrected chi connectivity index (χ1v) is 13.5. The molecule has 8 heteroatoms. The SMILES string of the molecule is CCOc1ccc([C@@H]2C(C(=O)OC(C)C)=C(C)N=c3s/c(=C/c4ccc(SC)cc4)c(=O)n32)cc1. The Labute approximate surface area is 212 Å². The maximum absolute atomic E-state index is 13.7. The number of aromatic nitrogens is 1. The molecule has 182 valence electrons. The summed E-state index contributed by atoms with van der Waals surface area (Å²) in [5.74, 6) is 0.256. The van der Waals surface area contributed by atoms with E-state index in [1.807, 2.05) is 67.8 Å². The molecule has 0 bridgehead atoms. The summed E-state index contributed by atoms with van der Waals surface area (Å²) >= 11 is 2.99. The smallest absolute Gasteiger partial charge is 0.338 e. The number of ether oxygens (including phenoxy) is 2. The van der Waals surface area contributed by atoms with Crippen molar-refractivity contribution in [3.05, 3.63) is 90.6 Å². The van der Waals surface area contributed by atoms with Crippen LogP contribution < -0.4 is 19.6 Å². The predicted molar refractivity (Wildman–Crippen MR) is 141 cm³/mol. The molecule has 2 aromatic carbocycles. The summed E-state index contributed by atoms with van der Waals surface area (Å²) < 4.78 is 13.3. The van der Waals surface area contributed by atoms with Crippen molar-refractivity contribution in [3.8, 4) is 5.75 Å². The van der Waals surface area contributed by atoms with Crippen LogP contribution in [0.4, 0.5) is 0 Å². The topological polar surface area (TPSA) is 69.9 Å². The van der Waals surface area contributed by atoms with Gasteiger partial charge < -0.3 is 9.47 Å². The molecule has 35 heavy (non-hydrogen) atoms. The number of hydrogen-bond acceptors (Lipinski definition) is 7. The third-order valence-electron chi connectivity index (χ3n) is 5.50. The van der Waals surface area contributed by atoms with Gasteiger partial charge in [0.2, 0.25) is 0 Å². The highest BCUT2D eigenvalue weighted by molar-refractivity contribution is 7.98. The Balaban J connectivity index is 1.88. The molecule has 3 aromatic rings. The first kappa shape index (κ1) is 25.0. The van der Waals surface area contributed by atoms with Crippen molar-refractivity contribution in [2.75, 3.05) is 12.9 Å². The molecule has 0 saturated heterocycles. The molecule has 0 radical (unpaired) electrons. The van der Waals surface area contributed by atoms with E-state index >= 15 is 0 Å². The number of thioether (sulfide) groups is 1. The summed E-state index contributed by atoms with van der Waals surface area (Å²) in [4.78, 5) is 33.2. The van der Waals surface area contributed by atoms with Gasteiger partial charge in [-0.25, -0.2) is 9.79 Å². The van der Waals surface area contributed by atoms with E-state index in [2.05, 4.69) is 4.99 Å². The van der Waals surface area contributed by atoms with Crippen LogP contribution in [0, 0.1) is 0 Å². The molecule has 0 spiro atoms. The van der Waals surface area contributed by atoms with E-state index < -0.39 is 12.0 Å². The zero-order chi connectivity index (χ0) is 25.1. The Bertz CT molecular complexity index is 1430. The van der Waals surface area contributed by atoms with Crippen LogP contribution in [-0.4, -0.2) is 29.5 Å². The third-order valence-corrected chi connectivity index (χ3v) is 7.23. The largest absolute Gasteiger partial charge is 0.494 e. The molecule has 0 N–H and O–H groups in total. The van der Waals surface area contributed by atoms with Gasteiger partial charge in [-0.15, -0.1) is 11.8 Å². The van der Waals surface area contributed by atoms with Crippen LogP contribution in [0.15, 0.2) is 74.5 Å². The molecule has 0 aliphatic carbocycles. The Kier molecular flexibility index (Phi) is 7.62. The van der Waals surface area contributed by atoms with Gasteiger partial charge in [0, 0.05) is 4.90 Å². The summed E-state index contributed by atoms with van der Waals surface area (Å²) in [5, 5.41) is 0. The molecule has 2 heterocycles. The summed E-state index contributed by atoms with van der Waals surface area (Å²) in [5.41, 5.74) is 2.44. The first-order chi connectivity index (χ1) is 16.8. The highest BCUT2D eigenvalue weighted by Crippen LogP contribution is 2.32. The molecule has 1 aliphatic rings. The lowest BCUT2D eigenvalue weighted by molar-refractivity contribution is -0.143. The minimum absolute atomic E-state index is 0.191. The molecule has 0 saturated carbocycles. The van der Waals surface area contributed by atoms with E-state index in [0.29, 0.717) is 27.2 Å². The fourth-order valence-corrected chi connectivity index (χ4v) is 5.40. The summed E-state index contributed by atoms with van der Waals surface area (Å²) in [6, 6.07) is 14.9. The maximum atomic E-state index is 13.7. The molecular weight excluding hydrogens is 480 g/mol. The second kappa shape index (κ2) is 10.7. The van der Waals surface area contributed by atoms with Gasteiger partial charge in [-0.2, -0.15) is 0 Å². The minimum atomic E-state index is -0.644. The summed E-state index contributed by atoms with van der Waals surface area (Å²) in [6.45, 7) is 7.87. The molecule has 4 rings (SSSR count). The lowest BCUT2D eigenvalue weighted by Gasteiger charge is -2.25. The first-order valence-electron chi connectivity index (χ1n) is 11.4. The van der Waals surface area contributed by atoms with Crippen molar-refractivity contribution in [2.45, 2.75) is 44.7 Å². The molecular formula is C27H28N2O4S2. The number of rotatable bonds is 7. The van der Waals surface area contributed by atoms with Gasteiger partial charge in [-0.1, -0.05) is 35.6 Å². The molecule has 1 aliphatic heterocycles. The van der Waals surface area contributed by atoms with Crippen LogP contribution >= 0.6 is 23.1 Å². The average Bonchev–Trinajstić information content (AvgIpc) is 3.13. The number of fused-ring (bicyclic) bond motifs is 1. The highest BCUT2D eigenvalue weighted by atomic mass is 32.2. The number of thiazole rings is 1. The third kappa shape index (κ3) is 5.28. The van der Waals surface area contributed by atoms with Crippen LogP contribution in [-0.2, 0) is 9.53 Å². The summed E-state index contributed by atoms with van der Waals surface area (Å²) in [7, 11) is 0. The molecule has 0 unspecified atom stereocenters. The number of esters is 1. The second-order valence-corrected chi connectivity index (χ2v) is 10.2. The molecule has 1 atom stereocenters. The van der Waals surface area contributed by atoms with Crippen molar-refractivity contribution in [3.63, 3.8) is 0 Å². The van der Waals surface area contributed by atoms with Crippen LogP contribution in [0.3, 0.4) is 0 Å². The zero-order valence-corrected chi connectivity index (χ0v) is 22.0. The Hall–Kier alpha value is -3.10. The van der Waals surface area contributed by atoms with Gasteiger partial charge in [-0.3, -0.25) is 9.36 Å². The molecule has 6 nitrogen and oxygen atoms in total. The minimum Gasteiger partial charge on any atom is -0.494 e. The van der Waals surface area contributed by atoms with Crippen molar-refractivity contribution in [2.24, 2.45) is 4.99 Å². The van der Waals surface area contributed by atoms with Crippen molar-refractivity contribution in [1.29, 1.82) is 0 Å². The fourth-order valence-electron chi connectivity index (χ4n) is 3.94. The molecule has 1 aromatic heterocycles. The Morgan fingerprint density at radius 3 is 2.46 bits per heavy atom. The monoisotopic (exact) mass is 508 g/mol. The highest BCUT2D eigenvalue weighted by Gasteiger charge is 2.33. The standard InChI is InChI=1S/C27H28N2O4S2/c1-6-32-20-11-9-19(10-12-20)24-23(26(31)33-16(2)3)17(4)28-27-29(24)25(30)22(35-27)15-18-7-13-21(34-5)14-8-18/h7-16,24H,6H2,1-5H3/b22-15+/t24-/m1/s1. The van der Waals surface area contributed by atoms with E-state index in [0.717, 1.165) is 21.8 Å². The predicted octanol–water partition coefficient (Wildman–Crippen LogP) is 4.31. The van der Waals surface area contributed by atoms with Gasteiger partial charge in [0.05, 0.1) is 34.6 Å². The van der Waals surface area contributed by atoms with Gasteiger partial charge in [0.25, 0.3) is 5.56 Å². The zero-order valence-electron chi connectivity index (χ0n) is 20.4. The summed E-state index contributed by atoms with van der Waals surface area (Å²) in [6.07, 6.45) is 3.60. The van der Waals surface area contributed by atoms with Crippen LogP contribution in [0.25, 0.3) is 6.08 Å². The van der Waals surface area contributed by atoms with Crippen molar-refractivity contribution in [1.82, 2.24) is 4.57 Å². The number of allylic oxidation sites excluding steroid dienone is 1. The van der Waals surface area contributed by atoms with Crippen molar-refractivity contribution < 1.29 is 14.3 Å². The van der Waals surface area contributed by atoms with Crippen LogP contribution in [0.5, 0.6) is 5.75 Å². The number of carbonyl (C=O) groups excluding carboxylic acids is 1. The molecule has 0 amide bonds. The van der Waals surface area contributed by atoms with Gasteiger partial charge in [0.1, 0.15) is 5.75 Å². The Morgan fingerprint density at radius 1 is 1.17 bits per heavy atom. The Morgan fingerprint density at radius 2 is 1.86 bits per heavy atom. The fraction of sp³-hybridized carbons (Fsp3) is 0.296. The lowest BCUT2D eigenvalue weighted by atomic mass is 9.96. The number of hydrogen-bond donors (Lipinski definition) is 0. The van der Waals surface area contributed by atoms with Gasteiger partial charge >= 0.3 is 5.97 Å². The van der Waals surface area contributed by atoms with Crippen LogP contribution in [0.2, 0.25) is 0 Å². The number of carbonyl (C=O) groups is 1. The van der Waals surface area contributed by atoms with E-state index in [9.17, 15) is 9.59 Å². The lowest BCUT2D eigenvalue weighted by Crippen LogP contribution is -2.40.